The first kappa shape index (κ1) is 19.2. The Bertz CT molecular complexity index is 705. The second-order valence-corrected chi connectivity index (χ2v) is 6.51. The number of nitrogens with one attached hydrogen (secondary N) is 1. The average molecular weight is 339 g/mol. The quantitative estimate of drug-likeness (QED) is 0.373. The van der Waals surface area contributed by atoms with Crippen molar-refractivity contribution in [3.05, 3.63) is 28.8 Å². The number of esters is 1. The highest BCUT2D eigenvalue weighted by atomic mass is 32.2. The van der Waals surface area contributed by atoms with Gasteiger partial charge < -0.3 is 10.1 Å². The molecular formula is C13H19B2NO6S. The van der Waals surface area contributed by atoms with Crippen molar-refractivity contribution < 1.29 is 27.3 Å². The second-order valence-electron chi connectivity index (χ2n) is 4.94. The molecule has 0 heterocycles. The van der Waals surface area contributed by atoms with Gasteiger partial charge in [-0.3, -0.25) is 9.35 Å². The first-order valence-corrected chi connectivity index (χ1v) is 8.85. The number of hydrogen-bond donors (Lipinski definition) is 2. The minimum atomic E-state index is -4.19. The fraction of sp³-hybridized carbons (Fsp3) is 0.385. The monoisotopic (exact) mass is 339 g/mol. The van der Waals surface area contributed by atoms with Crippen LogP contribution in [0.2, 0.25) is 0 Å². The van der Waals surface area contributed by atoms with E-state index in [-0.39, 0.29) is 11.5 Å². The van der Waals surface area contributed by atoms with Crippen molar-refractivity contribution in [2.24, 2.45) is 0 Å². The van der Waals surface area contributed by atoms with Crippen LogP contribution in [-0.2, 0) is 32.3 Å². The van der Waals surface area contributed by atoms with E-state index in [0.717, 1.165) is 5.56 Å². The fourth-order valence-corrected chi connectivity index (χ4v) is 2.49. The van der Waals surface area contributed by atoms with Gasteiger partial charge in [0, 0.05) is 12.6 Å². The first-order chi connectivity index (χ1) is 10.7. The van der Waals surface area contributed by atoms with E-state index < -0.39 is 28.4 Å². The highest BCUT2D eigenvalue weighted by molar-refractivity contribution is 7.85. The largest absolute Gasteiger partial charge is 0.461 e. The van der Waals surface area contributed by atoms with Gasteiger partial charge in [0.2, 0.25) is 5.91 Å². The SMILES string of the molecule is BCc1ccc(C(=O)OCCS(=O)(=O)O)c(CB)c1NC(C)=O. The lowest BCUT2D eigenvalue weighted by Crippen LogP contribution is -2.18. The van der Waals surface area contributed by atoms with Crippen LogP contribution in [0.1, 0.15) is 28.4 Å². The highest BCUT2D eigenvalue weighted by Gasteiger charge is 2.19. The normalized spacial score (nSPS) is 11.0. The minimum Gasteiger partial charge on any atom is -0.461 e. The Balaban J connectivity index is 3.10. The maximum Gasteiger partial charge on any atom is 0.338 e. The molecule has 0 aliphatic heterocycles. The van der Waals surface area contributed by atoms with Crippen LogP contribution in [0.5, 0.6) is 0 Å². The number of amides is 1. The first-order valence-electron chi connectivity index (χ1n) is 7.24. The van der Waals surface area contributed by atoms with Gasteiger partial charge in [-0.2, -0.15) is 8.42 Å². The molecular weight excluding hydrogens is 320 g/mol. The van der Waals surface area contributed by atoms with Crippen LogP contribution in [0, 0.1) is 0 Å². The number of carbonyl (C=O) groups is 2. The summed E-state index contributed by atoms with van der Waals surface area (Å²) >= 11 is 0. The predicted molar refractivity (Wildman–Crippen MR) is 91.9 cm³/mol. The van der Waals surface area contributed by atoms with E-state index in [1.807, 2.05) is 15.7 Å². The molecule has 1 aromatic carbocycles. The summed E-state index contributed by atoms with van der Waals surface area (Å²) in [6, 6.07) is 3.32. The molecule has 0 radical (unpaired) electrons. The summed E-state index contributed by atoms with van der Waals surface area (Å²) < 4.78 is 34.8. The van der Waals surface area contributed by atoms with Crippen LogP contribution in [0.25, 0.3) is 0 Å². The Kier molecular flexibility index (Phi) is 6.83. The average Bonchev–Trinajstić information content (AvgIpc) is 2.44. The summed E-state index contributed by atoms with van der Waals surface area (Å²) in [7, 11) is -0.410. The van der Waals surface area contributed by atoms with E-state index in [0.29, 0.717) is 23.9 Å². The fourth-order valence-electron chi connectivity index (χ4n) is 2.20. The van der Waals surface area contributed by atoms with Crippen LogP contribution in [0.15, 0.2) is 12.1 Å². The Morgan fingerprint density at radius 1 is 1.26 bits per heavy atom. The molecule has 0 aromatic heterocycles. The molecule has 0 atom stereocenters. The highest BCUT2D eigenvalue weighted by Crippen LogP contribution is 2.26. The topological polar surface area (TPSA) is 110 Å². The van der Waals surface area contributed by atoms with E-state index in [1.165, 1.54) is 6.92 Å². The van der Waals surface area contributed by atoms with Gasteiger partial charge >= 0.3 is 5.97 Å². The molecule has 23 heavy (non-hydrogen) atoms. The number of ether oxygens (including phenoxy) is 1. The number of anilines is 1. The molecule has 2 N–H and O–H groups in total. The van der Waals surface area contributed by atoms with Crippen molar-refractivity contribution in [3.63, 3.8) is 0 Å². The maximum absolute atomic E-state index is 12.1. The van der Waals surface area contributed by atoms with Crippen LogP contribution in [0.3, 0.4) is 0 Å². The molecule has 10 heteroatoms. The molecule has 0 aliphatic carbocycles. The van der Waals surface area contributed by atoms with Crippen LogP contribution >= 0.6 is 0 Å². The van der Waals surface area contributed by atoms with E-state index in [4.69, 9.17) is 9.29 Å². The zero-order valence-electron chi connectivity index (χ0n) is 13.4. The van der Waals surface area contributed by atoms with Gasteiger partial charge in [-0.05, 0) is 17.2 Å². The standard InChI is InChI=1S/C13H19B2NO6S/c1-8(17)16-12-9(6-14)2-3-10(11(12)7-15)13(18)22-4-5-23(19,20)21/h2-3H,4-7,14-15H2,1H3,(H,16,17)(H,19,20,21). The molecule has 7 nitrogen and oxygen atoms in total. The minimum absolute atomic E-state index is 0.244. The molecule has 1 aromatic rings. The van der Waals surface area contributed by atoms with Crippen molar-refractivity contribution >= 4 is 43.4 Å². The van der Waals surface area contributed by atoms with E-state index in [1.54, 1.807) is 12.1 Å². The molecule has 0 bridgehead atoms. The Hall–Kier alpha value is -1.80. The predicted octanol–water partition coefficient (Wildman–Crippen LogP) is -1.04. The summed E-state index contributed by atoms with van der Waals surface area (Å²) in [6.07, 6.45) is 1.17. The van der Waals surface area contributed by atoms with E-state index >= 15 is 0 Å². The van der Waals surface area contributed by atoms with Crippen molar-refractivity contribution in [1.82, 2.24) is 0 Å². The number of benzene rings is 1. The second kappa shape index (κ2) is 8.16. The molecule has 0 unspecified atom stereocenters. The third kappa shape index (κ3) is 5.72. The van der Waals surface area contributed by atoms with Crippen molar-refractivity contribution in [3.8, 4) is 0 Å². The van der Waals surface area contributed by atoms with Gasteiger partial charge in [0.15, 0.2) is 0 Å². The van der Waals surface area contributed by atoms with Crippen molar-refractivity contribution in [1.29, 1.82) is 0 Å². The van der Waals surface area contributed by atoms with E-state index in [2.05, 4.69) is 5.32 Å². The lowest BCUT2D eigenvalue weighted by atomic mass is 9.86. The van der Waals surface area contributed by atoms with Gasteiger partial charge in [-0.1, -0.05) is 18.7 Å². The summed E-state index contributed by atoms with van der Waals surface area (Å²) in [6.45, 7) is 0.946. The van der Waals surface area contributed by atoms with E-state index in [9.17, 15) is 18.0 Å². The van der Waals surface area contributed by atoms with Crippen molar-refractivity contribution in [2.75, 3.05) is 17.7 Å². The lowest BCUT2D eigenvalue weighted by Gasteiger charge is -2.17. The number of rotatable bonds is 7. The molecule has 0 aliphatic rings. The number of carbonyl (C=O) groups excluding carboxylic acids is 2. The number of hydrogen-bond acceptors (Lipinski definition) is 5. The molecule has 0 fully saturated rings. The molecule has 0 saturated carbocycles. The van der Waals surface area contributed by atoms with Crippen molar-refractivity contribution in [2.45, 2.75) is 19.6 Å². The summed E-state index contributed by atoms with van der Waals surface area (Å²) in [4.78, 5) is 23.5. The molecule has 124 valence electrons. The van der Waals surface area contributed by atoms with Gasteiger partial charge in [-0.15, -0.1) is 0 Å². The molecule has 0 spiro atoms. The lowest BCUT2D eigenvalue weighted by molar-refractivity contribution is -0.114. The summed E-state index contributed by atoms with van der Waals surface area (Å²) in [5.41, 5.74) is 2.39. The van der Waals surface area contributed by atoms with Gasteiger partial charge in [0.05, 0.1) is 5.56 Å². The molecule has 1 rings (SSSR count). The van der Waals surface area contributed by atoms with Crippen LogP contribution < -0.4 is 5.32 Å². The van der Waals surface area contributed by atoms with Gasteiger partial charge in [-0.25, -0.2) is 4.79 Å². The van der Waals surface area contributed by atoms with Crippen LogP contribution in [0.4, 0.5) is 5.69 Å². The summed E-state index contributed by atoms with van der Waals surface area (Å²) in [5, 5.41) is 2.74. The smallest absolute Gasteiger partial charge is 0.338 e. The molecule has 0 saturated heterocycles. The van der Waals surface area contributed by atoms with Crippen LogP contribution in [-0.4, -0.2) is 52.9 Å². The summed E-state index contributed by atoms with van der Waals surface area (Å²) in [5.74, 6) is -1.60. The zero-order valence-corrected chi connectivity index (χ0v) is 14.2. The Morgan fingerprint density at radius 2 is 1.91 bits per heavy atom. The van der Waals surface area contributed by atoms with Gasteiger partial charge in [0.25, 0.3) is 10.1 Å². The maximum atomic E-state index is 12.1. The third-order valence-corrected chi connectivity index (χ3v) is 3.91. The van der Waals surface area contributed by atoms with Gasteiger partial charge in [0.1, 0.15) is 28.1 Å². The Labute approximate surface area is 137 Å². The Morgan fingerprint density at radius 3 is 2.39 bits per heavy atom. The zero-order chi connectivity index (χ0) is 17.6. The molecule has 1 amide bonds. The third-order valence-electron chi connectivity index (χ3n) is 3.23.